The lowest BCUT2D eigenvalue weighted by atomic mass is 9.96. The van der Waals surface area contributed by atoms with Crippen LogP contribution in [0.1, 0.15) is 19.3 Å². The van der Waals surface area contributed by atoms with E-state index in [9.17, 15) is 14.4 Å². The molecular weight excluding hydrogens is 382 g/mol. The summed E-state index contributed by atoms with van der Waals surface area (Å²) in [5.74, 6) is 1.51. The van der Waals surface area contributed by atoms with Crippen molar-refractivity contribution in [2.75, 3.05) is 13.1 Å². The lowest BCUT2D eigenvalue weighted by Crippen LogP contribution is -2.40. The molecule has 0 aliphatic carbocycles. The molecule has 1 fully saturated rings. The van der Waals surface area contributed by atoms with Crippen LogP contribution in [0.4, 0.5) is 0 Å². The van der Waals surface area contributed by atoms with E-state index >= 15 is 0 Å². The van der Waals surface area contributed by atoms with E-state index < -0.39 is 11.2 Å². The smallest absolute Gasteiger partial charge is 0.328 e. The Hall–Kier alpha value is -3.42. The lowest BCUT2D eigenvalue weighted by Gasteiger charge is -2.32. The molecule has 1 saturated heterocycles. The first-order chi connectivity index (χ1) is 14.6. The topological polar surface area (TPSA) is 93.0 Å². The minimum Gasteiger partial charge on any atom is -0.343 e. The van der Waals surface area contributed by atoms with Gasteiger partial charge in [0.05, 0.1) is 0 Å². The van der Waals surface area contributed by atoms with Gasteiger partial charge in [0.15, 0.2) is 0 Å². The number of rotatable bonds is 6. The number of likely N-dealkylation sites (tertiary alicyclic amines) is 1. The molecule has 0 radical (unpaired) electrons. The molecule has 156 valence electrons. The van der Waals surface area contributed by atoms with Crippen LogP contribution in [0.2, 0.25) is 0 Å². The number of carbonyl (C=O) groups is 1. The van der Waals surface area contributed by atoms with Crippen LogP contribution in [0.25, 0.3) is 11.4 Å². The number of aromatic amines is 1. The molecule has 0 atom stereocenters. The highest BCUT2D eigenvalue weighted by Crippen LogP contribution is 2.23. The molecule has 0 bridgehead atoms. The summed E-state index contributed by atoms with van der Waals surface area (Å²) >= 11 is 0. The third kappa shape index (κ3) is 4.59. The summed E-state index contributed by atoms with van der Waals surface area (Å²) in [6.07, 6.45) is 7.40. The molecule has 1 aromatic carbocycles. The number of hydrogen-bond donors (Lipinski definition) is 1. The van der Waals surface area contributed by atoms with E-state index in [0.717, 1.165) is 43.9 Å². The predicted octanol–water partition coefficient (Wildman–Crippen LogP) is 1.73. The van der Waals surface area contributed by atoms with Crippen molar-refractivity contribution in [3.8, 4) is 11.4 Å². The molecule has 3 heterocycles. The highest BCUT2D eigenvalue weighted by Gasteiger charge is 2.23. The fraction of sp³-hybridized carbons (Fsp3) is 0.364. The van der Waals surface area contributed by atoms with Gasteiger partial charge in [0, 0.05) is 62.8 Å². The Morgan fingerprint density at radius 1 is 1.03 bits per heavy atom. The van der Waals surface area contributed by atoms with Crippen LogP contribution in [-0.4, -0.2) is 43.0 Å². The SMILES string of the molecule is O=C(CCn1ccc(=O)[nH]c1=O)N1CCC(Cn2ccnc2-c2ccccc2)CC1. The maximum absolute atomic E-state index is 12.5. The molecule has 30 heavy (non-hydrogen) atoms. The minimum atomic E-state index is -0.483. The first-order valence-corrected chi connectivity index (χ1v) is 10.2. The van der Waals surface area contributed by atoms with Gasteiger partial charge in [0.1, 0.15) is 5.82 Å². The fourth-order valence-electron chi connectivity index (χ4n) is 3.94. The third-order valence-corrected chi connectivity index (χ3v) is 5.63. The number of amides is 1. The number of piperidine rings is 1. The van der Waals surface area contributed by atoms with Gasteiger partial charge >= 0.3 is 5.69 Å². The number of nitrogens with one attached hydrogen (secondary N) is 1. The van der Waals surface area contributed by atoms with Gasteiger partial charge in [-0.1, -0.05) is 30.3 Å². The second-order valence-corrected chi connectivity index (χ2v) is 7.65. The number of benzene rings is 1. The van der Waals surface area contributed by atoms with Gasteiger partial charge in [0.2, 0.25) is 5.91 Å². The van der Waals surface area contributed by atoms with Gasteiger partial charge in [-0.05, 0) is 18.8 Å². The number of nitrogens with zero attached hydrogens (tertiary/aromatic N) is 4. The highest BCUT2D eigenvalue weighted by molar-refractivity contribution is 5.76. The molecular formula is C22H25N5O3. The largest absolute Gasteiger partial charge is 0.343 e. The molecule has 8 heteroatoms. The number of aryl methyl sites for hydroxylation is 1. The summed E-state index contributed by atoms with van der Waals surface area (Å²) in [6.45, 7) is 2.60. The van der Waals surface area contributed by atoms with Crippen LogP contribution in [0.15, 0.2) is 64.6 Å². The summed E-state index contributed by atoms with van der Waals surface area (Å²) in [4.78, 5) is 44.0. The molecule has 1 amide bonds. The molecule has 3 aromatic rings. The van der Waals surface area contributed by atoms with Crippen molar-refractivity contribution in [3.05, 3.63) is 75.8 Å². The number of hydrogen-bond acceptors (Lipinski definition) is 4. The van der Waals surface area contributed by atoms with Gasteiger partial charge in [-0.25, -0.2) is 9.78 Å². The first kappa shape index (κ1) is 19.9. The summed E-state index contributed by atoms with van der Waals surface area (Å²) in [5, 5.41) is 0. The maximum Gasteiger partial charge on any atom is 0.328 e. The van der Waals surface area contributed by atoms with Crippen LogP contribution in [0.5, 0.6) is 0 Å². The van der Waals surface area contributed by atoms with Gasteiger partial charge in [0.25, 0.3) is 5.56 Å². The van der Waals surface area contributed by atoms with Crippen LogP contribution < -0.4 is 11.2 Å². The van der Waals surface area contributed by atoms with E-state index in [4.69, 9.17) is 0 Å². The molecule has 4 rings (SSSR count). The van der Waals surface area contributed by atoms with Crippen molar-refractivity contribution in [1.82, 2.24) is 24.0 Å². The second kappa shape index (κ2) is 8.94. The van der Waals surface area contributed by atoms with Crippen molar-refractivity contribution in [2.24, 2.45) is 5.92 Å². The average molecular weight is 407 g/mol. The van der Waals surface area contributed by atoms with Crippen LogP contribution in [0.3, 0.4) is 0 Å². The molecule has 1 aliphatic heterocycles. The Balaban J connectivity index is 1.29. The zero-order valence-corrected chi connectivity index (χ0v) is 16.7. The predicted molar refractivity (Wildman–Crippen MR) is 113 cm³/mol. The Morgan fingerprint density at radius 2 is 1.80 bits per heavy atom. The number of imidazole rings is 1. The van der Waals surface area contributed by atoms with Gasteiger partial charge in [-0.3, -0.25) is 14.6 Å². The zero-order valence-electron chi connectivity index (χ0n) is 16.7. The quantitative estimate of drug-likeness (QED) is 0.673. The monoisotopic (exact) mass is 407 g/mol. The average Bonchev–Trinajstić information content (AvgIpc) is 3.22. The molecule has 2 aromatic heterocycles. The van der Waals surface area contributed by atoms with Crippen molar-refractivity contribution in [1.29, 1.82) is 0 Å². The second-order valence-electron chi connectivity index (χ2n) is 7.65. The molecule has 1 aliphatic rings. The Bertz CT molecular complexity index is 1110. The van der Waals surface area contributed by atoms with Crippen molar-refractivity contribution < 1.29 is 4.79 Å². The van der Waals surface area contributed by atoms with Crippen molar-refractivity contribution in [2.45, 2.75) is 32.4 Å². The minimum absolute atomic E-state index is 0.0409. The standard InChI is InChI=1S/C22H25N5O3/c28-19-8-13-26(22(30)24-19)14-9-20(29)25-11-6-17(7-12-25)16-27-15-10-23-21(27)18-4-2-1-3-5-18/h1-5,8,10,13,15,17H,6-7,9,11-12,14,16H2,(H,24,28,30). The molecule has 0 spiro atoms. The number of carbonyl (C=O) groups excluding carboxylic acids is 1. The van der Waals surface area contributed by atoms with Crippen LogP contribution in [-0.2, 0) is 17.9 Å². The van der Waals surface area contributed by atoms with Crippen molar-refractivity contribution >= 4 is 5.91 Å². The molecule has 0 saturated carbocycles. The number of H-pyrrole nitrogens is 1. The third-order valence-electron chi connectivity index (χ3n) is 5.63. The maximum atomic E-state index is 12.5. The lowest BCUT2D eigenvalue weighted by molar-refractivity contribution is -0.132. The van der Waals surface area contributed by atoms with Gasteiger partial charge in [-0.15, -0.1) is 0 Å². The van der Waals surface area contributed by atoms with E-state index in [1.165, 1.54) is 16.8 Å². The first-order valence-electron chi connectivity index (χ1n) is 10.2. The van der Waals surface area contributed by atoms with E-state index in [1.807, 2.05) is 35.5 Å². The van der Waals surface area contributed by atoms with E-state index in [2.05, 4.69) is 26.7 Å². The zero-order chi connectivity index (χ0) is 20.9. The molecule has 1 N–H and O–H groups in total. The normalized spacial score (nSPS) is 14.7. The van der Waals surface area contributed by atoms with E-state index in [-0.39, 0.29) is 18.9 Å². The summed E-state index contributed by atoms with van der Waals surface area (Å²) < 4.78 is 3.55. The fourth-order valence-corrected chi connectivity index (χ4v) is 3.94. The molecule has 8 nitrogen and oxygen atoms in total. The Kier molecular flexibility index (Phi) is 5.92. The highest BCUT2D eigenvalue weighted by atomic mass is 16.2. The summed E-state index contributed by atoms with van der Waals surface area (Å²) in [7, 11) is 0. The number of aromatic nitrogens is 4. The Morgan fingerprint density at radius 3 is 2.53 bits per heavy atom. The van der Waals surface area contributed by atoms with Crippen LogP contribution in [0, 0.1) is 5.92 Å². The summed E-state index contributed by atoms with van der Waals surface area (Å²) in [5.41, 5.74) is 0.189. The van der Waals surface area contributed by atoms with Gasteiger partial charge in [-0.2, -0.15) is 0 Å². The summed E-state index contributed by atoms with van der Waals surface area (Å²) in [6, 6.07) is 11.4. The van der Waals surface area contributed by atoms with Gasteiger partial charge < -0.3 is 14.0 Å². The van der Waals surface area contributed by atoms with E-state index in [1.54, 1.807) is 0 Å². The molecule has 0 unspecified atom stereocenters. The Labute approximate surface area is 173 Å². The van der Waals surface area contributed by atoms with Crippen LogP contribution >= 0.6 is 0 Å². The van der Waals surface area contributed by atoms with E-state index in [0.29, 0.717) is 5.92 Å². The van der Waals surface area contributed by atoms with Crippen molar-refractivity contribution in [3.63, 3.8) is 0 Å².